The van der Waals surface area contributed by atoms with Crippen LogP contribution in [0.25, 0.3) is 0 Å². The molecule has 3 unspecified atom stereocenters. The zero-order chi connectivity index (χ0) is 24.7. The molecule has 1 aliphatic carbocycles. The number of aryl methyl sites for hydroxylation is 1. The Hall–Kier alpha value is -2.92. The molecule has 0 saturated heterocycles. The highest BCUT2D eigenvalue weighted by molar-refractivity contribution is 5.94. The first-order valence-electron chi connectivity index (χ1n) is 11.8. The Morgan fingerprint density at radius 2 is 2.12 bits per heavy atom. The molecule has 1 aliphatic heterocycles. The predicted molar refractivity (Wildman–Crippen MR) is 124 cm³/mol. The molecule has 188 valence electrons. The highest BCUT2D eigenvalue weighted by Gasteiger charge is 2.34. The lowest BCUT2D eigenvalue weighted by atomic mass is 9.91. The molecule has 11 nitrogen and oxygen atoms in total. The van der Waals surface area contributed by atoms with Crippen molar-refractivity contribution in [3.05, 3.63) is 33.4 Å². The van der Waals surface area contributed by atoms with Crippen molar-refractivity contribution in [1.29, 1.82) is 0 Å². The van der Waals surface area contributed by atoms with E-state index >= 15 is 0 Å². The average molecular weight is 479 g/mol. The molecular formula is C23H34N4O7. The van der Waals surface area contributed by atoms with Gasteiger partial charge in [-0.15, -0.1) is 10.1 Å². The second kappa shape index (κ2) is 12.0. The summed E-state index contributed by atoms with van der Waals surface area (Å²) in [7, 11) is 0. The second-order valence-corrected chi connectivity index (χ2v) is 8.94. The van der Waals surface area contributed by atoms with Crippen LogP contribution in [-0.4, -0.2) is 71.4 Å². The first-order chi connectivity index (χ1) is 16.2. The molecule has 34 heavy (non-hydrogen) atoms. The summed E-state index contributed by atoms with van der Waals surface area (Å²) < 4.78 is 5.86. The second-order valence-electron chi connectivity index (χ2n) is 8.94. The largest absolute Gasteiger partial charge is 0.490 e. The number of carbonyl (C=O) groups excluding carboxylic acids is 2. The summed E-state index contributed by atoms with van der Waals surface area (Å²) in [6.45, 7) is 4.48. The summed E-state index contributed by atoms with van der Waals surface area (Å²) in [6, 6.07) is 3.47. The van der Waals surface area contributed by atoms with Crippen molar-refractivity contribution in [1.82, 2.24) is 10.2 Å². The zero-order valence-corrected chi connectivity index (χ0v) is 19.7. The molecule has 1 heterocycles. The van der Waals surface area contributed by atoms with E-state index < -0.39 is 17.3 Å². The molecule has 1 aromatic rings. The normalized spacial score (nSPS) is 20.6. The Balaban J connectivity index is 1.46. The first kappa shape index (κ1) is 25.7. The van der Waals surface area contributed by atoms with E-state index in [-0.39, 0.29) is 31.0 Å². The van der Waals surface area contributed by atoms with Gasteiger partial charge in [0.2, 0.25) is 11.8 Å². The summed E-state index contributed by atoms with van der Waals surface area (Å²) in [4.78, 5) is 41.1. The third-order valence-corrected chi connectivity index (χ3v) is 6.26. The Morgan fingerprint density at radius 3 is 2.85 bits per heavy atom. The van der Waals surface area contributed by atoms with Crippen molar-refractivity contribution in [3.63, 3.8) is 0 Å². The van der Waals surface area contributed by atoms with Crippen LogP contribution < -0.4 is 15.4 Å². The maximum Gasteiger partial charge on any atom is 0.294 e. The lowest BCUT2D eigenvalue weighted by Gasteiger charge is -2.38. The molecule has 3 rings (SSSR count). The van der Waals surface area contributed by atoms with E-state index in [0.29, 0.717) is 44.5 Å². The van der Waals surface area contributed by atoms with Gasteiger partial charge in [0.25, 0.3) is 5.09 Å². The number of fused-ring (bicyclic) bond motifs is 1. The number of nitrogens with one attached hydrogen (secondary N) is 2. The number of anilines is 1. The maximum atomic E-state index is 12.2. The Bertz CT molecular complexity index is 894. The van der Waals surface area contributed by atoms with Gasteiger partial charge >= 0.3 is 0 Å². The van der Waals surface area contributed by atoms with Crippen molar-refractivity contribution in [2.75, 3.05) is 31.6 Å². The SMILES string of the molecule is CC(=O)N(CCNCC(O)COc1cc(C)cc2c1CCC(=O)N2)C1CCCCC1O[N+](=O)[O-]. The van der Waals surface area contributed by atoms with Gasteiger partial charge in [0.05, 0.1) is 6.04 Å². The Labute approximate surface area is 198 Å². The number of benzene rings is 1. The van der Waals surface area contributed by atoms with Gasteiger partial charge in [-0.3, -0.25) is 9.59 Å². The number of hydrogen-bond donors (Lipinski definition) is 3. The van der Waals surface area contributed by atoms with Gasteiger partial charge in [0.15, 0.2) is 0 Å². The smallest absolute Gasteiger partial charge is 0.294 e. The molecule has 0 radical (unpaired) electrons. The monoisotopic (exact) mass is 478 g/mol. The summed E-state index contributed by atoms with van der Waals surface area (Å²) in [6.07, 6.45) is 2.54. The summed E-state index contributed by atoms with van der Waals surface area (Å²) in [5.41, 5.74) is 2.64. The van der Waals surface area contributed by atoms with E-state index in [1.807, 2.05) is 19.1 Å². The van der Waals surface area contributed by atoms with Crippen molar-refractivity contribution < 1.29 is 29.4 Å². The fourth-order valence-corrected chi connectivity index (χ4v) is 4.67. The summed E-state index contributed by atoms with van der Waals surface area (Å²) >= 11 is 0. The molecule has 1 aromatic carbocycles. The number of hydrogen-bond acceptors (Lipinski definition) is 8. The minimum atomic E-state index is -0.783. The molecule has 0 spiro atoms. The number of rotatable bonds is 11. The lowest BCUT2D eigenvalue weighted by molar-refractivity contribution is -0.770. The van der Waals surface area contributed by atoms with Crippen LogP contribution >= 0.6 is 0 Å². The van der Waals surface area contributed by atoms with Crippen LogP contribution in [0.3, 0.4) is 0 Å². The van der Waals surface area contributed by atoms with Crippen LogP contribution in [-0.2, 0) is 20.8 Å². The van der Waals surface area contributed by atoms with Crippen molar-refractivity contribution >= 4 is 17.5 Å². The number of nitrogens with zero attached hydrogens (tertiary/aromatic N) is 2. The zero-order valence-electron chi connectivity index (χ0n) is 19.7. The van der Waals surface area contributed by atoms with Crippen LogP contribution in [0.4, 0.5) is 5.69 Å². The molecule has 0 aromatic heterocycles. The van der Waals surface area contributed by atoms with Gasteiger partial charge in [-0.2, -0.15) is 0 Å². The third kappa shape index (κ3) is 7.04. The first-order valence-corrected chi connectivity index (χ1v) is 11.8. The van der Waals surface area contributed by atoms with Gasteiger partial charge in [-0.25, -0.2) is 0 Å². The van der Waals surface area contributed by atoms with Crippen molar-refractivity contribution in [2.45, 2.75) is 70.6 Å². The van der Waals surface area contributed by atoms with Crippen LogP contribution in [0.5, 0.6) is 5.75 Å². The minimum absolute atomic E-state index is 0.0163. The Kier molecular flexibility index (Phi) is 9.05. The van der Waals surface area contributed by atoms with E-state index in [9.17, 15) is 24.8 Å². The highest BCUT2D eigenvalue weighted by atomic mass is 17.0. The molecule has 1 fully saturated rings. The minimum Gasteiger partial charge on any atom is -0.490 e. The molecule has 2 aliphatic rings. The number of ether oxygens (including phenoxy) is 1. The number of aliphatic hydroxyl groups is 1. The lowest BCUT2D eigenvalue weighted by Crippen LogP contribution is -2.51. The number of aliphatic hydroxyl groups excluding tert-OH is 1. The highest BCUT2D eigenvalue weighted by Crippen LogP contribution is 2.33. The molecule has 11 heteroatoms. The van der Waals surface area contributed by atoms with Gasteiger partial charge in [0.1, 0.15) is 24.6 Å². The fourth-order valence-electron chi connectivity index (χ4n) is 4.67. The topological polar surface area (TPSA) is 143 Å². The number of carbonyl (C=O) groups is 2. The van der Waals surface area contributed by atoms with Gasteiger partial charge in [-0.05, 0) is 43.9 Å². The quantitative estimate of drug-likeness (QED) is 0.247. The standard InChI is InChI=1S/C23H34N4O7/c1-15-11-19-18(7-8-23(30)25-19)22(12-15)33-14-17(29)13-24-9-10-26(16(2)28)20-5-3-4-6-21(20)34-27(31)32/h11-12,17,20-21,24,29H,3-10,13-14H2,1-2H3,(H,25,30). The molecule has 1 saturated carbocycles. The van der Waals surface area contributed by atoms with Gasteiger partial charge in [0, 0.05) is 44.2 Å². The third-order valence-electron chi connectivity index (χ3n) is 6.26. The predicted octanol–water partition coefficient (Wildman–Crippen LogP) is 1.58. The summed E-state index contributed by atoms with van der Waals surface area (Å²) in [5.74, 6) is 0.481. The number of amides is 2. The fraction of sp³-hybridized carbons (Fsp3) is 0.652. The van der Waals surface area contributed by atoms with Gasteiger partial charge in [-0.1, -0.05) is 12.8 Å². The van der Waals surface area contributed by atoms with Crippen LogP contribution in [0.15, 0.2) is 12.1 Å². The molecule has 3 N–H and O–H groups in total. The van der Waals surface area contributed by atoms with Gasteiger partial charge < -0.3 is 30.2 Å². The molecule has 2 amide bonds. The molecule has 3 atom stereocenters. The van der Waals surface area contributed by atoms with E-state index in [4.69, 9.17) is 9.57 Å². The molecular weight excluding hydrogens is 444 g/mol. The van der Waals surface area contributed by atoms with Crippen molar-refractivity contribution in [3.8, 4) is 5.75 Å². The average Bonchev–Trinajstić information content (AvgIpc) is 2.77. The van der Waals surface area contributed by atoms with Crippen LogP contribution in [0.2, 0.25) is 0 Å². The summed E-state index contributed by atoms with van der Waals surface area (Å²) in [5, 5.41) is 26.4. The van der Waals surface area contributed by atoms with Crippen LogP contribution in [0, 0.1) is 17.0 Å². The maximum absolute atomic E-state index is 12.2. The van der Waals surface area contributed by atoms with E-state index in [1.165, 1.54) is 6.92 Å². The van der Waals surface area contributed by atoms with E-state index in [2.05, 4.69) is 10.6 Å². The van der Waals surface area contributed by atoms with E-state index in [0.717, 1.165) is 29.7 Å². The Morgan fingerprint density at radius 1 is 1.35 bits per heavy atom. The molecule has 0 bridgehead atoms. The van der Waals surface area contributed by atoms with Crippen molar-refractivity contribution in [2.24, 2.45) is 0 Å². The van der Waals surface area contributed by atoms with Crippen LogP contribution in [0.1, 0.15) is 50.2 Å². The van der Waals surface area contributed by atoms with E-state index in [1.54, 1.807) is 4.90 Å².